The lowest BCUT2D eigenvalue weighted by molar-refractivity contribution is -0.146. The maximum atomic E-state index is 12.7. The molecule has 1 aromatic rings. The first-order chi connectivity index (χ1) is 13.3. The molecule has 154 valence electrons. The summed E-state index contributed by atoms with van der Waals surface area (Å²) in [4.78, 5) is 25.3. The zero-order valence-electron chi connectivity index (χ0n) is 17.5. The lowest BCUT2D eigenvalue weighted by Crippen LogP contribution is -2.32. The Bertz CT molecular complexity index is 694. The number of rotatable bonds is 11. The highest BCUT2D eigenvalue weighted by molar-refractivity contribution is 14.2. The number of ether oxygens (including phenoxy) is 1. The van der Waals surface area contributed by atoms with Gasteiger partial charge in [-0.15, -0.1) is 0 Å². The van der Waals surface area contributed by atoms with E-state index in [0.29, 0.717) is 16.4 Å². The Morgan fingerprint density at radius 3 is 2.25 bits per heavy atom. The van der Waals surface area contributed by atoms with E-state index in [2.05, 4.69) is 13.0 Å². The van der Waals surface area contributed by atoms with Gasteiger partial charge < -0.3 is 4.74 Å². The Balaban J connectivity index is 2.70. The average Bonchev–Trinajstić information content (AvgIpc) is 2.64. The number of Topliss-reactive ketones (excluding diaryl/α,β-unsaturated/α-hetero) is 1. The van der Waals surface area contributed by atoms with Gasteiger partial charge in [-0.25, -0.2) is 4.79 Å². The van der Waals surface area contributed by atoms with Gasteiger partial charge in [0.05, 0.1) is 0 Å². The third-order valence-corrected chi connectivity index (χ3v) is 6.58. The molecular formula is C24H33IO3. The van der Waals surface area contributed by atoms with Gasteiger partial charge in [-0.05, 0) is 52.2 Å². The summed E-state index contributed by atoms with van der Waals surface area (Å²) in [6.07, 6.45) is 13.9. The molecule has 0 unspecified atom stereocenters. The third kappa shape index (κ3) is 11.3. The van der Waals surface area contributed by atoms with E-state index in [1.54, 1.807) is 0 Å². The van der Waals surface area contributed by atoms with E-state index in [-0.39, 0.29) is 5.78 Å². The van der Waals surface area contributed by atoms with Crippen LogP contribution in [-0.4, -0.2) is 20.9 Å². The summed E-state index contributed by atoms with van der Waals surface area (Å²) in [5.74, 6) is -0.559. The second-order valence-electron chi connectivity index (χ2n) is 7.52. The number of allylic oxidation sites excluding steroid dienone is 4. The van der Waals surface area contributed by atoms with Crippen molar-refractivity contribution in [2.24, 2.45) is 0 Å². The van der Waals surface area contributed by atoms with Crippen molar-refractivity contribution in [1.29, 1.82) is 0 Å². The number of unbranched alkanes of at least 4 members (excludes halogenated alkanes) is 3. The van der Waals surface area contributed by atoms with Crippen LogP contribution >= 0.6 is 20.7 Å². The first-order valence-corrected chi connectivity index (χ1v) is 12.1. The number of ketones is 1. The van der Waals surface area contributed by atoms with Crippen molar-refractivity contribution in [3.63, 3.8) is 0 Å². The Morgan fingerprint density at radius 2 is 1.64 bits per heavy atom. The Labute approximate surface area is 180 Å². The molecule has 0 saturated heterocycles. The quantitative estimate of drug-likeness (QED) is 0.117. The van der Waals surface area contributed by atoms with Gasteiger partial charge in [-0.3, -0.25) is 4.79 Å². The monoisotopic (exact) mass is 496 g/mol. The van der Waals surface area contributed by atoms with Crippen LogP contribution in [0.3, 0.4) is 0 Å². The van der Waals surface area contributed by atoms with Crippen molar-refractivity contribution in [3.8, 4) is 0 Å². The van der Waals surface area contributed by atoms with Crippen LogP contribution in [0.2, 0.25) is 0 Å². The van der Waals surface area contributed by atoms with Crippen LogP contribution in [0.25, 0.3) is 0 Å². The highest BCUT2D eigenvalue weighted by atomic mass is 127. The summed E-state index contributed by atoms with van der Waals surface area (Å²) in [7, 11) is 0. The van der Waals surface area contributed by atoms with E-state index in [1.165, 1.54) is 19.3 Å². The molecule has 0 spiro atoms. The van der Waals surface area contributed by atoms with Crippen molar-refractivity contribution in [2.75, 3.05) is 0 Å². The number of esters is 1. The fourth-order valence-electron chi connectivity index (χ4n) is 2.30. The van der Waals surface area contributed by atoms with E-state index in [0.717, 1.165) is 9.99 Å². The number of carbonyl (C=O) groups excluding carboxylic acids is 2. The summed E-state index contributed by atoms with van der Waals surface area (Å²) < 4.78 is 6.87. The molecule has 1 rings (SSSR count). The zero-order valence-corrected chi connectivity index (χ0v) is 19.7. The van der Waals surface area contributed by atoms with E-state index in [4.69, 9.17) is 4.74 Å². The Kier molecular flexibility index (Phi) is 11.9. The molecule has 0 aromatic heterocycles. The van der Waals surface area contributed by atoms with Crippen molar-refractivity contribution in [1.82, 2.24) is 0 Å². The fourth-order valence-corrected chi connectivity index (χ4v) is 4.60. The molecule has 0 radical (unpaired) electrons. The molecule has 0 aliphatic rings. The van der Waals surface area contributed by atoms with Gasteiger partial charge >= 0.3 is 5.97 Å². The molecule has 0 amide bonds. The van der Waals surface area contributed by atoms with Crippen LogP contribution in [0.5, 0.6) is 0 Å². The van der Waals surface area contributed by atoms with Crippen LogP contribution in [0.15, 0.2) is 54.6 Å². The summed E-state index contributed by atoms with van der Waals surface area (Å²) in [6, 6.07) is 9.73. The van der Waals surface area contributed by atoms with Gasteiger partial charge in [-0.1, -0.05) is 83.0 Å². The minimum Gasteiger partial charge on any atom is -0.456 e. The predicted octanol–water partition coefficient (Wildman–Crippen LogP) is 6.38. The van der Waals surface area contributed by atoms with Gasteiger partial charge in [0.15, 0.2) is 5.78 Å². The summed E-state index contributed by atoms with van der Waals surface area (Å²) >= 11 is -0.858. The highest BCUT2D eigenvalue weighted by Gasteiger charge is 2.25. The Hall–Kier alpha value is -1.56. The molecule has 1 aromatic carbocycles. The van der Waals surface area contributed by atoms with Crippen LogP contribution in [0, 0.1) is 3.57 Å². The lowest BCUT2D eigenvalue weighted by atomic mass is 10.1. The van der Waals surface area contributed by atoms with E-state index in [9.17, 15) is 9.59 Å². The number of carbonyl (C=O) groups is 2. The second kappa shape index (κ2) is 13.6. The molecule has 0 fully saturated rings. The standard InChI is InChI=1S/C24H33IO3/c1-5-6-7-8-9-10-11-12-16-19-21(26)22(23(27)28-24(2,3)4)25-20-17-14-13-15-18-20/h9-15,17-18H,5-8,16,19H2,1-4H3/b10-9+,12-11+. The molecule has 4 heteroatoms. The first-order valence-electron chi connectivity index (χ1n) is 9.98. The first kappa shape index (κ1) is 24.5. The van der Waals surface area contributed by atoms with Gasteiger partial charge in [0, 0.05) is 9.99 Å². The van der Waals surface area contributed by atoms with Crippen molar-refractivity contribution >= 4 is 36.0 Å². The molecule has 0 N–H and O–H groups in total. The minimum absolute atomic E-state index is 0.0949. The zero-order chi connectivity index (χ0) is 20.8. The summed E-state index contributed by atoms with van der Waals surface area (Å²) in [6.45, 7) is 7.67. The van der Waals surface area contributed by atoms with E-state index < -0.39 is 32.3 Å². The predicted molar refractivity (Wildman–Crippen MR) is 127 cm³/mol. The van der Waals surface area contributed by atoms with Crippen LogP contribution in [0.4, 0.5) is 0 Å². The number of halogens is 1. The SMILES string of the molecule is CCCCC/C=C/C=C/CCC(=O)C(=Ic1ccccc1)C(=O)OC(C)(C)C. The number of hydrogen-bond acceptors (Lipinski definition) is 3. The molecule has 0 aliphatic carbocycles. The second-order valence-corrected chi connectivity index (χ2v) is 10.4. The number of hydrogen-bond donors (Lipinski definition) is 0. The molecule has 0 heterocycles. The van der Waals surface area contributed by atoms with Crippen molar-refractivity contribution in [2.45, 2.75) is 71.8 Å². The molecule has 3 nitrogen and oxygen atoms in total. The van der Waals surface area contributed by atoms with Crippen molar-refractivity contribution in [3.05, 3.63) is 58.2 Å². The van der Waals surface area contributed by atoms with Crippen LogP contribution in [-0.2, 0) is 14.3 Å². The normalized spacial score (nSPS) is 12.9. The lowest BCUT2D eigenvalue weighted by Gasteiger charge is -2.20. The third-order valence-electron chi connectivity index (χ3n) is 3.66. The molecule has 0 bridgehead atoms. The maximum absolute atomic E-state index is 12.7. The largest absolute Gasteiger partial charge is 0.456 e. The van der Waals surface area contributed by atoms with Crippen molar-refractivity contribution < 1.29 is 14.3 Å². The summed E-state index contributed by atoms with van der Waals surface area (Å²) in [5.41, 5.74) is -0.606. The smallest absolute Gasteiger partial charge is 0.348 e. The van der Waals surface area contributed by atoms with Gasteiger partial charge in [-0.2, -0.15) is 0 Å². The molecule has 0 atom stereocenters. The van der Waals surface area contributed by atoms with Gasteiger partial charge in [0.2, 0.25) is 0 Å². The minimum atomic E-state index is -0.858. The average molecular weight is 496 g/mol. The molecule has 0 aliphatic heterocycles. The molecule has 28 heavy (non-hydrogen) atoms. The van der Waals surface area contributed by atoms with Crippen LogP contribution in [0.1, 0.15) is 66.2 Å². The topological polar surface area (TPSA) is 43.4 Å². The Morgan fingerprint density at radius 1 is 1.00 bits per heavy atom. The maximum Gasteiger partial charge on any atom is 0.348 e. The van der Waals surface area contributed by atoms with E-state index in [1.807, 2.05) is 69.3 Å². The summed E-state index contributed by atoms with van der Waals surface area (Å²) in [5, 5.41) is 0. The van der Waals surface area contributed by atoms with Gasteiger partial charge in [0.1, 0.15) is 9.11 Å². The highest BCUT2D eigenvalue weighted by Crippen LogP contribution is 2.18. The van der Waals surface area contributed by atoms with Crippen LogP contribution < -0.4 is 0 Å². The molecule has 0 saturated carbocycles. The fraction of sp³-hybridized carbons (Fsp3) is 0.458. The molecular weight excluding hydrogens is 463 g/mol. The number of benzene rings is 1. The van der Waals surface area contributed by atoms with Gasteiger partial charge in [0.25, 0.3) is 0 Å². The van der Waals surface area contributed by atoms with E-state index >= 15 is 0 Å².